The zero-order valence-corrected chi connectivity index (χ0v) is 12.5. The Morgan fingerprint density at radius 1 is 1.30 bits per heavy atom. The molecule has 0 aromatic heterocycles. The van der Waals surface area contributed by atoms with E-state index in [9.17, 15) is 4.79 Å². The summed E-state index contributed by atoms with van der Waals surface area (Å²) in [5.74, 6) is -0.174. The van der Waals surface area contributed by atoms with Crippen LogP contribution in [-0.2, 0) is 4.79 Å². The summed E-state index contributed by atoms with van der Waals surface area (Å²) in [6.07, 6.45) is 0. The van der Waals surface area contributed by atoms with Gasteiger partial charge in [0.1, 0.15) is 0 Å². The number of amides is 1. The van der Waals surface area contributed by atoms with E-state index in [2.05, 4.69) is 21.7 Å². The van der Waals surface area contributed by atoms with Gasteiger partial charge in [-0.25, -0.2) is 0 Å². The molecular formula is C15H24N4O. The highest BCUT2D eigenvalue weighted by atomic mass is 16.1. The Bertz CT molecular complexity index is 471. The smallest absolute Gasteiger partial charge is 0.252 e. The second-order valence-electron chi connectivity index (χ2n) is 5.22. The molecule has 0 atom stereocenters. The lowest BCUT2D eigenvalue weighted by atomic mass is 10.2. The van der Waals surface area contributed by atoms with Gasteiger partial charge in [-0.1, -0.05) is 12.6 Å². The molecular weight excluding hydrogens is 252 g/mol. The summed E-state index contributed by atoms with van der Waals surface area (Å²) in [7, 11) is 6.02. The summed E-state index contributed by atoms with van der Waals surface area (Å²) in [5.41, 5.74) is 7.52. The van der Waals surface area contributed by atoms with Gasteiger partial charge in [0.05, 0.1) is 0 Å². The van der Waals surface area contributed by atoms with Crippen molar-refractivity contribution in [3.8, 4) is 0 Å². The predicted octanol–water partition coefficient (Wildman–Crippen LogP) is 1.26. The van der Waals surface area contributed by atoms with E-state index in [1.54, 1.807) is 24.3 Å². The number of carbonyl (C=O) groups excluding carboxylic acids is 1. The standard InChI is InChI=1S/C15H24N4O/c1-12(11-19(4)9-8-18(2)3)15(20)17-14-7-5-6-13(16)10-14/h5-7,10H,1,8-9,11,16H2,2-4H3,(H,17,20). The highest BCUT2D eigenvalue weighted by Gasteiger charge is 2.10. The minimum absolute atomic E-state index is 0.174. The average molecular weight is 276 g/mol. The van der Waals surface area contributed by atoms with Gasteiger partial charge in [0.15, 0.2) is 0 Å². The molecule has 5 nitrogen and oxygen atoms in total. The molecule has 5 heteroatoms. The Kier molecular flexibility index (Phi) is 6.21. The Balaban J connectivity index is 2.45. The first kappa shape index (κ1) is 16.2. The average Bonchev–Trinajstić information content (AvgIpc) is 2.36. The van der Waals surface area contributed by atoms with Gasteiger partial charge in [-0.15, -0.1) is 0 Å². The van der Waals surface area contributed by atoms with Crippen molar-refractivity contribution in [2.24, 2.45) is 0 Å². The largest absolute Gasteiger partial charge is 0.399 e. The Morgan fingerprint density at radius 3 is 2.60 bits per heavy atom. The molecule has 110 valence electrons. The van der Waals surface area contributed by atoms with E-state index < -0.39 is 0 Å². The van der Waals surface area contributed by atoms with Crippen molar-refractivity contribution in [1.82, 2.24) is 9.80 Å². The lowest BCUT2D eigenvalue weighted by Crippen LogP contribution is -2.32. The normalized spacial score (nSPS) is 10.8. The van der Waals surface area contributed by atoms with Crippen LogP contribution in [0.4, 0.5) is 11.4 Å². The number of rotatable bonds is 7. The predicted molar refractivity (Wildman–Crippen MR) is 84.7 cm³/mol. The molecule has 1 aromatic rings. The highest BCUT2D eigenvalue weighted by molar-refractivity contribution is 6.03. The number of benzene rings is 1. The minimum Gasteiger partial charge on any atom is -0.399 e. The number of carbonyl (C=O) groups is 1. The van der Waals surface area contributed by atoms with Gasteiger partial charge in [0.25, 0.3) is 5.91 Å². The van der Waals surface area contributed by atoms with Crippen molar-refractivity contribution in [2.75, 3.05) is 51.8 Å². The van der Waals surface area contributed by atoms with Crippen molar-refractivity contribution >= 4 is 17.3 Å². The van der Waals surface area contributed by atoms with Crippen LogP contribution in [-0.4, -0.2) is 56.5 Å². The number of nitrogens with two attached hydrogens (primary N) is 1. The number of likely N-dealkylation sites (N-methyl/N-ethyl adjacent to an activating group) is 2. The lowest BCUT2D eigenvalue weighted by molar-refractivity contribution is -0.113. The topological polar surface area (TPSA) is 61.6 Å². The molecule has 0 aliphatic rings. The Labute approximate surface area is 121 Å². The summed E-state index contributed by atoms with van der Waals surface area (Å²) in [6, 6.07) is 7.11. The third kappa shape index (κ3) is 5.86. The maximum Gasteiger partial charge on any atom is 0.252 e. The van der Waals surface area contributed by atoms with Crippen molar-refractivity contribution in [2.45, 2.75) is 0 Å². The molecule has 1 rings (SSSR count). The lowest BCUT2D eigenvalue weighted by Gasteiger charge is -2.20. The first-order valence-corrected chi connectivity index (χ1v) is 6.56. The molecule has 0 spiro atoms. The highest BCUT2D eigenvalue weighted by Crippen LogP contribution is 2.12. The first-order chi connectivity index (χ1) is 9.38. The number of anilines is 2. The van der Waals surface area contributed by atoms with Gasteiger partial charge in [0, 0.05) is 36.6 Å². The number of hydrogen-bond acceptors (Lipinski definition) is 4. The van der Waals surface area contributed by atoms with E-state index in [-0.39, 0.29) is 5.91 Å². The fraction of sp³-hybridized carbons (Fsp3) is 0.400. The molecule has 0 aliphatic heterocycles. The molecule has 0 heterocycles. The summed E-state index contributed by atoms with van der Waals surface area (Å²) >= 11 is 0. The molecule has 1 amide bonds. The number of nitrogen functional groups attached to an aromatic ring is 1. The molecule has 0 unspecified atom stereocenters. The quantitative estimate of drug-likeness (QED) is 0.581. The number of nitrogens with one attached hydrogen (secondary N) is 1. The summed E-state index contributed by atoms with van der Waals surface area (Å²) in [6.45, 7) is 6.22. The van der Waals surface area contributed by atoms with Crippen LogP contribution < -0.4 is 11.1 Å². The van der Waals surface area contributed by atoms with E-state index in [0.717, 1.165) is 13.1 Å². The fourth-order valence-electron chi connectivity index (χ4n) is 1.68. The van der Waals surface area contributed by atoms with Gasteiger partial charge in [-0.3, -0.25) is 4.79 Å². The van der Waals surface area contributed by atoms with Gasteiger partial charge < -0.3 is 20.9 Å². The van der Waals surface area contributed by atoms with Crippen LogP contribution in [0.2, 0.25) is 0 Å². The molecule has 0 saturated carbocycles. The molecule has 20 heavy (non-hydrogen) atoms. The third-order valence-corrected chi connectivity index (χ3v) is 2.86. The number of nitrogens with zero attached hydrogens (tertiary/aromatic N) is 2. The van der Waals surface area contributed by atoms with Crippen LogP contribution in [0.3, 0.4) is 0 Å². The van der Waals surface area contributed by atoms with Gasteiger partial charge in [-0.2, -0.15) is 0 Å². The van der Waals surface area contributed by atoms with Gasteiger partial charge >= 0.3 is 0 Å². The summed E-state index contributed by atoms with van der Waals surface area (Å²) < 4.78 is 0. The monoisotopic (exact) mass is 276 g/mol. The Morgan fingerprint density at radius 2 is 2.00 bits per heavy atom. The van der Waals surface area contributed by atoms with Crippen LogP contribution in [0.15, 0.2) is 36.4 Å². The summed E-state index contributed by atoms with van der Waals surface area (Å²) in [4.78, 5) is 16.2. The summed E-state index contributed by atoms with van der Waals surface area (Å²) in [5, 5.41) is 2.80. The van der Waals surface area contributed by atoms with E-state index in [0.29, 0.717) is 23.5 Å². The van der Waals surface area contributed by atoms with Crippen molar-refractivity contribution in [3.63, 3.8) is 0 Å². The SMILES string of the molecule is C=C(CN(C)CCN(C)C)C(=O)Nc1cccc(N)c1. The maximum absolute atomic E-state index is 12.0. The molecule has 0 fully saturated rings. The zero-order chi connectivity index (χ0) is 15.1. The molecule has 1 aromatic carbocycles. The van der Waals surface area contributed by atoms with Crippen LogP contribution >= 0.6 is 0 Å². The van der Waals surface area contributed by atoms with Gasteiger partial charge in [0.2, 0.25) is 0 Å². The maximum atomic E-state index is 12.0. The first-order valence-electron chi connectivity index (χ1n) is 6.56. The van der Waals surface area contributed by atoms with Crippen LogP contribution in [0, 0.1) is 0 Å². The Hall–Kier alpha value is -1.85. The molecule has 0 radical (unpaired) electrons. The minimum atomic E-state index is -0.174. The third-order valence-electron chi connectivity index (χ3n) is 2.86. The van der Waals surface area contributed by atoms with E-state index in [4.69, 9.17) is 5.73 Å². The molecule has 3 N–H and O–H groups in total. The van der Waals surface area contributed by atoms with E-state index in [1.165, 1.54) is 0 Å². The van der Waals surface area contributed by atoms with Crippen molar-refractivity contribution in [1.29, 1.82) is 0 Å². The zero-order valence-electron chi connectivity index (χ0n) is 12.5. The van der Waals surface area contributed by atoms with Crippen LogP contribution in [0.1, 0.15) is 0 Å². The van der Waals surface area contributed by atoms with Gasteiger partial charge in [-0.05, 0) is 39.3 Å². The molecule has 0 aliphatic carbocycles. The second kappa shape index (κ2) is 7.67. The van der Waals surface area contributed by atoms with Crippen LogP contribution in [0.5, 0.6) is 0 Å². The van der Waals surface area contributed by atoms with Crippen LogP contribution in [0.25, 0.3) is 0 Å². The van der Waals surface area contributed by atoms with E-state index >= 15 is 0 Å². The number of hydrogen-bond donors (Lipinski definition) is 2. The molecule has 0 bridgehead atoms. The van der Waals surface area contributed by atoms with Crippen molar-refractivity contribution < 1.29 is 4.79 Å². The van der Waals surface area contributed by atoms with E-state index in [1.807, 2.05) is 21.1 Å². The second-order valence-corrected chi connectivity index (χ2v) is 5.22. The van der Waals surface area contributed by atoms with Crippen molar-refractivity contribution in [3.05, 3.63) is 36.4 Å². The fourth-order valence-corrected chi connectivity index (χ4v) is 1.68. The molecule has 0 saturated heterocycles.